The molecule has 1 rings (SSSR count). The van der Waals surface area contributed by atoms with E-state index in [1.165, 1.54) is 0 Å². The second-order valence-electron chi connectivity index (χ2n) is 3.79. The van der Waals surface area contributed by atoms with Crippen LogP contribution in [0.3, 0.4) is 0 Å². The number of nitrogens with zero attached hydrogens (tertiary/aromatic N) is 5. The van der Waals surface area contributed by atoms with Gasteiger partial charge >= 0.3 is 0 Å². The molecule has 1 atom stereocenters. The van der Waals surface area contributed by atoms with Crippen LogP contribution in [0.1, 0.15) is 0 Å². The minimum Gasteiger partial charge on any atom is -0.378 e. The first-order valence-electron chi connectivity index (χ1n) is 5.18. The summed E-state index contributed by atoms with van der Waals surface area (Å²) in [4.78, 5) is 8.92. The molecule has 0 aromatic carbocycles. The Labute approximate surface area is 100 Å². The number of morpholine rings is 1. The molecule has 7 heteroatoms. The van der Waals surface area contributed by atoms with Crippen LogP contribution in [-0.4, -0.2) is 62.3 Å². The molecule has 7 nitrogen and oxygen atoms in total. The monoisotopic (exact) mass is 237 g/mol. The first kappa shape index (κ1) is 13.4. The van der Waals surface area contributed by atoms with Gasteiger partial charge in [-0.25, -0.2) is 0 Å². The summed E-state index contributed by atoms with van der Waals surface area (Å²) in [6.45, 7) is 2.32. The highest BCUT2D eigenvalue weighted by Crippen LogP contribution is 2.06. The third-order valence-electron chi connectivity index (χ3n) is 2.32. The minimum atomic E-state index is -0.276. The molecule has 1 saturated heterocycles. The lowest BCUT2D eigenvalue weighted by molar-refractivity contribution is -0.118. The van der Waals surface area contributed by atoms with Crippen molar-refractivity contribution in [3.8, 4) is 12.1 Å². The molecule has 1 aliphatic heterocycles. The molecule has 0 aromatic heterocycles. The van der Waals surface area contributed by atoms with Crippen molar-refractivity contribution in [1.82, 2.24) is 9.80 Å². The topological polar surface area (TPSA) is 84.9 Å². The first-order chi connectivity index (χ1) is 8.17. The van der Waals surface area contributed by atoms with Crippen molar-refractivity contribution in [1.29, 1.82) is 10.5 Å². The molecule has 0 amide bonds. The Morgan fingerprint density at radius 1 is 1.53 bits per heavy atom. The Balaban J connectivity index is 2.36. The quantitative estimate of drug-likeness (QED) is 0.488. The average molecular weight is 237 g/mol. The van der Waals surface area contributed by atoms with Gasteiger partial charge in [-0.05, 0) is 14.1 Å². The largest absolute Gasteiger partial charge is 0.378 e. The Bertz CT molecular complexity index is 339. The predicted molar refractivity (Wildman–Crippen MR) is 59.6 cm³/mol. The number of likely N-dealkylation sites (N-methyl/N-ethyl adjacent to an activating group) is 1. The van der Waals surface area contributed by atoms with Gasteiger partial charge in [0, 0.05) is 13.1 Å². The second kappa shape index (κ2) is 6.81. The van der Waals surface area contributed by atoms with E-state index in [2.05, 4.69) is 5.16 Å². The van der Waals surface area contributed by atoms with Gasteiger partial charge in [0.1, 0.15) is 18.4 Å². The Morgan fingerprint density at radius 3 is 2.82 bits per heavy atom. The van der Waals surface area contributed by atoms with Crippen LogP contribution in [0.15, 0.2) is 5.16 Å². The Kier molecular flexibility index (Phi) is 5.37. The molecule has 0 spiro atoms. The van der Waals surface area contributed by atoms with Crippen LogP contribution in [0.4, 0.5) is 0 Å². The Hall–Kier alpha value is -1.67. The van der Waals surface area contributed by atoms with E-state index in [1.807, 2.05) is 23.9 Å². The SMILES string of the molecule is CN(C)C1CN(CON=C(C#N)C#N)CCO1. The summed E-state index contributed by atoms with van der Waals surface area (Å²) in [6, 6.07) is 3.26. The molecule has 92 valence electrons. The van der Waals surface area contributed by atoms with Crippen molar-refractivity contribution < 1.29 is 9.57 Å². The van der Waals surface area contributed by atoms with Gasteiger partial charge in [-0.15, -0.1) is 0 Å². The second-order valence-corrected chi connectivity index (χ2v) is 3.79. The molecule has 1 fully saturated rings. The fourth-order valence-corrected chi connectivity index (χ4v) is 1.35. The number of hydrogen-bond acceptors (Lipinski definition) is 7. The third kappa shape index (κ3) is 4.37. The molecule has 0 saturated carbocycles. The van der Waals surface area contributed by atoms with Gasteiger partial charge in [-0.2, -0.15) is 10.5 Å². The van der Waals surface area contributed by atoms with E-state index < -0.39 is 0 Å². The minimum absolute atomic E-state index is 0.0303. The van der Waals surface area contributed by atoms with Crippen LogP contribution in [-0.2, 0) is 9.57 Å². The molecule has 0 bridgehead atoms. The summed E-state index contributed by atoms with van der Waals surface area (Å²) in [5.41, 5.74) is -0.276. The molecule has 1 aliphatic rings. The van der Waals surface area contributed by atoms with Gasteiger partial charge < -0.3 is 9.57 Å². The van der Waals surface area contributed by atoms with Gasteiger partial charge in [0.15, 0.2) is 6.73 Å². The molecule has 1 heterocycles. The number of oxime groups is 1. The summed E-state index contributed by atoms with van der Waals surface area (Å²) >= 11 is 0. The number of ether oxygens (including phenoxy) is 1. The van der Waals surface area contributed by atoms with Crippen LogP contribution in [0, 0.1) is 22.7 Å². The Morgan fingerprint density at radius 2 is 2.24 bits per heavy atom. The predicted octanol–water partition coefficient (Wildman–Crippen LogP) is -0.416. The van der Waals surface area contributed by atoms with E-state index in [0.29, 0.717) is 13.2 Å². The fraction of sp³-hybridized carbons (Fsp3) is 0.700. The molecule has 0 aliphatic carbocycles. The maximum atomic E-state index is 8.45. The van der Waals surface area contributed by atoms with E-state index in [4.69, 9.17) is 20.1 Å². The van der Waals surface area contributed by atoms with Crippen LogP contribution in [0.25, 0.3) is 0 Å². The maximum Gasteiger partial charge on any atom is 0.256 e. The molecule has 0 N–H and O–H groups in total. The standard InChI is InChI=1S/C10H15N5O2/c1-14(2)10-7-15(3-4-16-10)8-17-13-9(5-11)6-12/h10H,3-4,7-8H2,1-2H3. The molecular formula is C10H15N5O2. The van der Waals surface area contributed by atoms with Crippen molar-refractivity contribution in [2.45, 2.75) is 6.23 Å². The zero-order valence-corrected chi connectivity index (χ0v) is 9.96. The first-order valence-corrected chi connectivity index (χ1v) is 5.18. The molecule has 17 heavy (non-hydrogen) atoms. The zero-order valence-electron chi connectivity index (χ0n) is 9.96. The number of rotatable bonds is 4. The number of nitriles is 2. The van der Waals surface area contributed by atoms with E-state index in [0.717, 1.165) is 6.54 Å². The normalized spacial score (nSPS) is 20.4. The van der Waals surface area contributed by atoms with E-state index >= 15 is 0 Å². The van der Waals surface area contributed by atoms with Gasteiger partial charge in [-0.3, -0.25) is 9.80 Å². The lowest BCUT2D eigenvalue weighted by Crippen LogP contribution is -2.49. The van der Waals surface area contributed by atoms with Crippen LogP contribution >= 0.6 is 0 Å². The summed E-state index contributed by atoms with van der Waals surface area (Å²) in [5.74, 6) is 0. The zero-order chi connectivity index (χ0) is 12.7. The highest BCUT2D eigenvalue weighted by molar-refractivity contribution is 6.09. The van der Waals surface area contributed by atoms with Crippen LogP contribution < -0.4 is 0 Å². The van der Waals surface area contributed by atoms with Crippen molar-refractivity contribution in [2.75, 3.05) is 40.5 Å². The summed E-state index contributed by atoms with van der Waals surface area (Å²) in [7, 11) is 3.88. The lowest BCUT2D eigenvalue weighted by Gasteiger charge is -2.34. The number of hydrogen-bond donors (Lipinski definition) is 0. The summed E-state index contributed by atoms with van der Waals surface area (Å²) in [5, 5.41) is 20.3. The third-order valence-corrected chi connectivity index (χ3v) is 2.32. The van der Waals surface area contributed by atoms with Crippen molar-refractivity contribution in [2.24, 2.45) is 5.16 Å². The maximum absolute atomic E-state index is 8.45. The fourth-order valence-electron chi connectivity index (χ4n) is 1.35. The van der Waals surface area contributed by atoms with Crippen LogP contribution in [0.5, 0.6) is 0 Å². The highest BCUT2D eigenvalue weighted by Gasteiger charge is 2.21. The van der Waals surface area contributed by atoms with E-state index in [-0.39, 0.29) is 18.7 Å². The smallest absolute Gasteiger partial charge is 0.256 e. The van der Waals surface area contributed by atoms with Gasteiger partial charge in [0.2, 0.25) is 0 Å². The summed E-state index contributed by atoms with van der Waals surface area (Å²) in [6.07, 6.45) is 0.0303. The van der Waals surface area contributed by atoms with Crippen molar-refractivity contribution in [3.05, 3.63) is 0 Å². The molecular weight excluding hydrogens is 222 g/mol. The summed E-state index contributed by atoms with van der Waals surface area (Å²) < 4.78 is 5.53. The molecule has 0 radical (unpaired) electrons. The molecule has 1 unspecified atom stereocenters. The van der Waals surface area contributed by atoms with Crippen molar-refractivity contribution in [3.63, 3.8) is 0 Å². The van der Waals surface area contributed by atoms with E-state index in [9.17, 15) is 0 Å². The average Bonchev–Trinajstić information content (AvgIpc) is 2.35. The van der Waals surface area contributed by atoms with E-state index in [1.54, 1.807) is 12.1 Å². The lowest BCUT2D eigenvalue weighted by atomic mass is 10.4. The van der Waals surface area contributed by atoms with Gasteiger partial charge in [-0.1, -0.05) is 5.16 Å². The van der Waals surface area contributed by atoms with Crippen LogP contribution in [0.2, 0.25) is 0 Å². The van der Waals surface area contributed by atoms with Gasteiger partial charge in [0.25, 0.3) is 5.71 Å². The molecule has 0 aromatic rings. The highest BCUT2D eigenvalue weighted by atomic mass is 16.6. The van der Waals surface area contributed by atoms with Gasteiger partial charge in [0.05, 0.1) is 6.61 Å². The van der Waals surface area contributed by atoms with Crippen molar-refractivity contribution >= 4 is 5.71 Å².